The molecule has 0 aliphatic heterocycles. The zero-order chi connectivity index (χ0) is 70.1. The van der Waals surface area contributed by atoms with E-state index < -0.39 is 63.5 Å². The lowest BCUT2D eigenvalue weighted by Crippen LogP contribution is -2.47. The number of hydrogen-bond acceptors (Lipinski definition) is 20. The number of rotatable bonds is 22. The van der Waals surface area contributed by atoms with Crippen molar-refractivity contribution in [1.29, 1.82) is 21.0 Å². The van der Waals surface area contributed by atoms with Crippen LogP contribution in [0, 0.1) is 45.3 Å². The van der Waals surface area contributed by atoms with E-state index in [9.17, 15) is 21.0 Å². The maximum Gasteiger partial charge on any atom is 0.333 e. The molecule has 20 heteroatoms. The highest BCUT2D eigenvalue weighted by molar-refractivity contribution is 7.17. The molecule has 0 N–H and O–H groups in total. The van der Waals surface area contributed by atoms with Crippen LogP contribution in [0.3, 0.4) is 0 Å². The summed E-state index contributed by atoms with van der Waals surface area (Å²) in [6.07, 6.45) is 3.08. The first-order valence-electron chi connectivity index (χ1n) is 31.4. The second-order valence-electron chi connectivity index (χ2n) is 23.4. The van der Waals surface area contributed by atoms with Gasteiger partial charge in [-0.05, 0) is 139 Å². The van der Waals surface area contributed by atoms with Crippen LogP contribution in [-0.2, 0) is 113 Å². The van der Waals surface area contributed by atoms with E-state index in [1.54, 1.807) is 218 Å². The zero-order valence-corrected chi connectivity index (χ0v) is 54.9. The van der Waals surface area contributed by atoms with Crippen LogP contribution in [-0.4, -0.2) is 47.2 Å². The first-order valence-corrected chi connectivity index (χ1v) is 33.0. The molecule has 490 valence electrons. The minimum Gasteiger partial charge on any atom is -0.459 e. The lowest BCUT2D eigenvalue weighted by Gasteiger charge is -2.31. The Labute approximate surface area is 586 Å². The first kappa shape index (κ1) is 66.4. The molecule has 0 saturated carbocycles. The molecule has 101 heavy (non-hydrogen) atoms. The predicted octanol–water partition coefficient (Wildman–Crippen LogP) is 14.4. The number of carbonyl (C=O) groups excluding carboxylic acids is 6. The Balaban J connectivity index is 1.11. The van der Waals surface area contributed by atoms with Gasteiger partial charge in [0.1, 0.15) is 73.9 Å². The van der Waals surface area contributed by atoms with Crippen LogP contribution in [0.15, 0.2) is 241 Å². The number of hydrogen-bond donors (Lipinski definition) is 0. The maximum atomic E-state index is 16.4. The summed E-state index contributed by atoms with van der Waals surface area (Å²) in [5, 5.41) is 39.6. The van der Waals surface area contributed by atoms with Crippen LogP contribution in [0.5, 0.6) is 0 Å². The average Bonchev–Trinajstić information content (AvgIpc) is 1.53. The Hall–Kier alpha value is -13.2. The molecule has 18 nitrogen and oxygen atoms in total. The smallest absolute Gasteiger partial charge is 0.333 e. The molecule has 0 radical (unpaired) electrons. The Morgan fingerprint density at radius 1 is 0.317 bits per heavy atom. The van der Waals surface area contributed by atoms with Crippen molar-refractivity contribution < 1.29 is 57.2 Å². The number of esters is 6. The van der Waals surface area contributed by atoms with E-state index in [-0.39, 0.29) is 115 Å². The third-order valence-corrected chi connectivity index (χ3v) is 19.4. The lowest BCUT2D eigenvalue weighted by atomic mass is 9.73. The van der Waals surface area contributed by atoms with Crippen molar-refractivity contribution in [3.05, 3.63) is 307 Å². The summed E-state index contributed by atoms with van der Waals surface area (Å²) in [7, 11) is 0. The van der Waals surface area contributed by atoms with E-state index in [0.29, 0.717) is 33.4 Å². The molecule has 2 aromatic heterocycles. The minimum absolute atomic E-state index is 0.00991. The molecule has 0 amide bonds. The van der Waals surface area contributed by atoms with Crippen molar-refractivity contribution in [2.45, 2.75) is 55.9 Å². The highest BCUT2D eigenvalue weighted by atomic mass is 32.1. The van der Waals surface area contributed by atoms with Gasteiger partial charge in [-0.25, -0.2) is 9.98 Å². The van der Waals surface area contributed by atoms with E-state index >= 15 is 28.8 Å². The molecular weight excluding hydrogens is 1310 g/mol. The SMILES string of the molecule is N#CC(C#N)=Nc1ccc(C2=Cc3cc4c(cc3C2(C(=O)OCc2ccccc2)C(=O)OCc2ccccc2)-c2cc3c(cc2C4(C(=O)OCc2ccccc2)C(=O)OCc2ccccc2)C=C(c2ccc(N=C(C#N)C#N)s2)C3(C(=O)OCc2ccccc2)C(=O)OCc2ccccc2)s1. The van der Waals surface area contributed by atoms with E-state index in [4.69, 9.17) is 28.4 Å². The Morgan fingerprint density at radius 3 is 0.812 bits per heavy atom. The van der Waals surface area contributed by atoms with E-state index in [2.05, 4.69) is 9.98 Å². The summed E-state index contributed by atoms with van der Waals surface area (Å²) in [6.45, 7) is -2.11. The molecule has 10 aromatic rings. The largest absolute Gasteiger partial charge is 0.459 e. The average molecular weight is 1370 g/mol. The topological polar surface area (TPSA) is 278 Å². The standard InChI is InChI=1S/C81H52N6O12S2/c82-41-59(42-83)86-71-33-31-69(100-71)67-37-57-35-65-61(39-63(57)79(67,73(88)94-45-51-19-7-1-8-20-51)74(89)95-46-52-21-9-2-10-22-52)62-40-64-58(36-66(62)81(65,77(92)98-49-55-27-15-5-16-28-55)78(93)99-50-56-29-17-6-18-30-56)38-68(70-32-34-72(101-70)87-60(43-84)44-85)80(64,75(90)96-47-53-23-11-3-12-24-53)76(91)97-48-54-25-13-4-14-26-54/h1-40H,45-50H2. The van der Waals surface area contributed by atoms with Gasteiger partial charge >= 0.3 is 35.8 Å². The molecule has 0 atom stereocenters. The number of carbonyl (C=O) groups is 6. The highest BCUT2D eigenvalue weighted by Gasteiger charge is 2.65. The van der Waals surface area contributed by atoms with Crippen LogP contribution in [0.2, 0.25) is 0 Å². The van der Waals surface area contributed by atoms with Gasteiger partial charge < -0.3 is 28.4 Å². The van der Waals surface area contributed by atoms with Crippen LogP contribution < -0.4 is 0 Å². The van der Waals surface area contributed by atoms with Gasteiger partial charge in [0.25, 0.3) is 0 Å². The van der Waals surface area contributed by atoms with Crippen molar-refractivity contribution >= 4 is 103 Å². The molecule has 0 saturated heterocycles. The van der Waals surface area contributed by atoms with Gasteiger partial charge in [0.15, 0.2) is 0 Å². The fourth-order valence-corrected chi connectivity index (χ4v) is 14.6. The van der Waals surface area contributed by atoms with Crippen molar-refractivity contribution in [3.8, 4) is 35.4 Å². The Morgan fingerprint density at radius 2 is 0.564 bits per heavy atom. The summed E-state index contributed by atoms with van der Waals surface area (Å²) in [4.78, 5) is 106. The predicted molar refractivity (Wildman–Crippen MR) is 374 cm³/mol. The maximum absolute atomic E-state index is 16.4. The fourth-order valence-electron chi connectivity index (χ4n) is 12.7. The summed E-state index contributed by atoms with van der Waals surface area (Å²) < 4.78 is 38.0. The molecule has 3 aliphatic carbocycles. The first-order chi connectivity index (χ1) is 49.3. The number of nitriles is 4. The van der Waals surface area contributed by atoms with E-state index in [0.717, 1.165) is 22.7 Å². The molecule has 2 heterocycles. The van der Waals surface area contributed by atoms with Gasteiger partial charge in [0, 0.05) is 20.9 Å². The third kappa shape index (κ3) is 12.6. The van der Waals surface area contributed by atoms with Gasteiger partial charge in [-0.15, -0.1) is 22.7 Å². The second kappa shape index (κ2) is 28.8. The monoisotopic (exact) mass is 1360 g/mol. The molecule has 8 aromatic carbocycles. The Bertz CT molecular complexity index is 4780. The summed E-state index contributed by atoms with van der Waals surface area (Å²) >= 11 is 1.88. The van der Waals surface area contributed by atoms with E-state index in [1.165, 1.54) is 48.6 Å². The number of aliphatic imine (C=N–C) groups is 2. The highest BCUT2D eigenvalue weighted by Crippen LogP contribution is 2.61. The quantitative estimate of drug-likeness (QED) is 0.0264. The molecular formula is C81H52N6O12S2. The number of fused-ring (bicyclic) bond motifs is 5. The van der Waals surface area contributed by atoms with Gasteiger partial charge in [0.05, 0.1) is 0 Å². The Kier molecular flexibility index (Phi) is 19.0. The fraction of sp³-hybridized carbons (Fsp3) is 0.111. The van der Waals surface area contributed by atoms with Crippen molar-refractivity contribution in [3.63, 3.8) is 0 Å². The van der Waals surface area contributed by atoms with E-state index in [1.807, 2.05) is 0 Å². The third-order valence-electron chi connectivity index (χ3n) is 17.4. The van der Waals surface area contributed by atoms with Crippen molar-refractivity contribution in [2.75, 3.05) is 0 Å². The van der Waals surface area contributed by atoms with Crippen molar-refractivity contribution in [1.82, 2.24) is 0 Å². The number of thiophene rings is 2. The van der Waals surface area contributed by atoms with Crippen LogP contribution in [0.4, 0.5) is 10.0 Å². The van der Waals surface area contributed by atoms with Gasteiger partial charge in [0.2, 0.25) is 27.7 Å². The summed E-state index contributed by atoms with van der Waals surface area (Å²) in [6, 6.07) is 71.6. The molecule has 0 bridgehead atoms. The molecule has 0 unspecified atom stereocenters. The van der Waals surface area contributed by atoms with Gasteiger partial charge in [-0.1, -0.05) is 182 Å². The van der Waals surface area contributed by atoms with Crippen molar-refractivity contribution in [2.24, 2.45) is 9.98 Å². The normalized spacial score (nSPS) is 13.3. The molecule has 3 aliphatic rings. The second-order valence-corrected chi connectivity index (χ2v) is 25.5. The van der Waals surface area contributed by atoms with Gasteiger partial charge in [-0.3, -0.25) is 28.8 Å². The zero-order valence-electron chi connectivity index (χ0n) is 53.2. The lowest BCUT2D eigenvalue weighted by molar-refractivity contribution is -0.165. The molecule has 0 spiro atoms. The van der Waals surface area contributed by atoms with Crippen LogP contribution in [0.25, 0.3) is 34.4 Å². The van der Waals surface area contributed by atoms with Gasteiger partial charge in [-0.2, -0.15) is 21.0 Å². The molecule has 0 fully saturated rings. The summed E-state index contributed by atoms with van der Waals surface area (Å²) in [5.41, 5.74) is -5.59. The number of ether oxygens (including phenoxy) is 6. The number of benzene rings is 8. The molecule has 13 rings (SSSR count). The van der Waals surface area contributed by atoms with Crippen LogP contribution >= 0.6 is 22.7 Å². The number of nitrogens with zero attached hydrogens (tertiary/aromatic N) is 6. The van der Waals surface area contributed by atoms with Crippen LogP contribution in [0.1, 0.15) is 76.5 Å². The minimum atomic E-state index is -2.65. The summed E-state index contributed by atoms with van der Waals surface area (Å²) in [5.74, 6) is -6.74.